The van der Waals surface area contributed by atoms with Crippen molar-refractivity contribution < 1.29 is 0 Å². The van der Waals surface area contributed by atoms with Crippen molar-refractivity contribution in [3.8, 4) is 0 Å². The second-order valence-electron chi connectivity index (χ2n) is 3.66. The molecule has 1 heterocycles. The van der Waals surface area contributed by atoms with Gasteiger partial charge in [-0.05, 0) is 31.5 Å². The van der Waals surface area contributed by atoms with Gasteiger partial charge in [-0.1, -0.05) is 18.2 Å². The average Bonchev–Trinajstić information content (AvgIpc) is 2.54. The summed E-state index contributed by atoms with van der Waals surface area (Å²) < 4.78 is 2.29. The number of aromatic nitrogens is 1. The minimum atomic E-state index is 0.756. The fourth-order valence-corrected chi connectivity index (χ4v) is 1.88. The van der Waals surface area contributed by atoms with E-state index in [9.17, 15) is 0 Å². The lowest BCUT2D eigenvalue weighted by atomic mass is 10.2. The number of benzene rings is 1. The van der Waals surface area contributed by atoms with E-state index in [-0.39, 0.29) is 0 Å². The number of fused-ring (bicyclic) bond motifs is 1. The third-order valence-corrected chi connectivity index (χ3v) is 2.59. The number of para-hydroxylation sites is 1. The molecule has 0 saturated carbocycles. The van der Waals surface area contributed by atoms with Gasteiger partial charge in [0.05, 0.1) is 0 Å². The number of nitrogens with zero attached hydrogens (tertiary/aromatic N) is 1. The van der Waals surface area contributed by atoms with Crippen molar-refractivity contribution in [2.45, 2.75) is 19.9 Å². The van der Waals surface area contributed by atoms with Crippen LogP contribution in [0.5, 0.6) is 0 Å². The van der Waals surface area contributed by atoms with Crippen molar-refractivity contribution in [1.29, 1.82) is 0 Å². The minimum absolute atomic E-state index is 0.756. The van der Waals surface area contributed by atoms with Crippen molar-refractivity contribution >= 4 is 10.9 Å². The molecule has 0 aliphatic carbocycles. The Bertz CT molecular complexity index is 429. The van der Waals surface area contributed by atoms with Crippen molar-refractivity contribution in [1.82, 2.24) is 4.57 Å². The topological polar surface area (TPSA) is 30.9 Å². The van der Waals surface area contributed by atoms with Gasteiger partial charge in [0.2, 0.25) is 0 Å². The monoisotopic (exact) mass is 188 g/mol. The number of aryl methyl sites for hydroxylation is 2. The van der Waals surface area contributed by atoms with Gasteiger partial charge in [-0.15, -0.1) is 0 Å². The molecule has 0 bridgehead atoms. The van der Waals surface area contributed by atoms with Crippen LogP contribution in [0.3, 0.4) is 0 Å². The highest BCUT2D eigenvalue weighted by Gasteiger charge is 2.02. The van der Waals surface area contributed by atoms with Crippen LogP contribution in [-0.2, 0) is 6.54 Å². The lowest BCUT2D eigenvalue weighted by Gasteiger charge is -2.02. The van der Waals surface area contributed by atoms with Gasteiger partial charge >= 0.3 is 0 Å². The molecule has 1 aromatic heterocycles. The van der Waals surface area contributed by atoms with E-state index in [1.807, 2.05) is 0 Å². The summed E-state index contributed by atoms with van der Waals surface area (Å²) in [6.07, 6.45) is 3.25. The van der Waals surface area contributed by atoms with E-state index in [0.29, 0.717) is 0 Å². The van der Waals surface area contributed by atoms with Crippen LogP contribution in [0.4, 0.5) is 0 Å². The summed E-state index contributed by atoms with van der Waals surface area (Å²) >= 11 is 0. The predicted octanol–water partition coefficient (Wildman–Crippen LogP) is 2.30. The van der Waals surface area contributed by atoms with E-state index in [1.54, 1.807) is 0 Å². The van der Waals surface area contributed by atoms with E-state index < -0.39 is 0 Å². The zero-order valence-electron chi connectivity index (χ0n) is 8.53. The Balaban J connectivity index is 2.44. The van der Waals surface area contributed by atoms with E-state index in [0.717, 1.165) is 19.5 Å². The fourth-order valence-electron chi connectivity index (χ4n) is 1.88. The maximum Gasteiger partial charge on any atom is 0.0483 e. The van der Waals surface area contributed by atoms with Gasteiger partial charge < -0.3 is 10.3 Å². The molecule has 0 aliphatic rings. The Kier molecular flexibility index (Phi) is 2.55. The summed E-state index contributed by atoms with van der Waals surface area (Å²) in [7, 11) is 0. The van der Waals surface area contributed by atoms with E-state index in [4.69, 9.17) is 5.73 Å². The van der Waals surface area contributed by atoms with Crippen molar-refractivity contribution in [2.24, 2.45) is 5.73 Å². The summed E-state index contributed by atoms with van der Waals surface area (Å²) in [5, 5.41) is 1.35. The first-order valence-electron chi connectivity index (χ1n) is 5.07. The Hall–Kier alpha value is -1.28. The molecule has 0 aliphatic heterocycles. The van der Waals surface area contributed by atoms with Crippen LogP contribution in [0.2, 0.25) is 0 Å². The highest BCUT2D eigenvalue weighted by Crippen LogP contribution is 2.20. The summed E-state index contributed by atoms with van der Waals surface area (Å²) in [5.74, 6) is 0. The Morgan fingerprint density at radius 2 is 2.07 bits per heavy atom. The van der Waals surface area contributed by atoms with E-state index in [2.05, 4.69) is 42.0 Å². The molecule has 2 aromatic rings. The standard InChI is InChI=1S/C12H16N2/c1-10-9-14(8-4-7-13)12-6-3-2-5-11(10)12/h2-3,5-6,9H,4,7-8,13H2,1H3. The van der Waals surface area contributed by atoms with Gasteiger partial charge in [-0.25, -0.2) is 0 Å². The van der Waals surface area contributed by atoms with Crippen LogP contribution in [0, 0.1) is 6.92 Å². The zero-order chi connectivity index (χ0) is 9.97. The maximum absolute atomic E-state index is 5.51. The third kappa shape index (κ3) is 1.53. The van der Waals surface area contributed by atoms with Gasteiger partial charge in [0, 0.05) is 23.6 Å². The summed E-state index contributed by atoms with van der Waals surface area (Å²) in [4.78, 5) is 0. The van der Waals surface area contributed by atoms with E-state index in [1.165, 1.54) is 16.5 Å². The number of hydrogen-bond acceptors (Lipinski definition) is 1. The molecule has 1 aromatic carbocycles. The quantitative estimate of drug-likeness (QED) is 0.787. The minimum Gasteiger partial charge on any atom is -0.347 e. The molecule has 0 spiro atoms. The predicted molar refractivity (Wildman–Crippen MR) is 60.3 cm³/mol. The molecule has 0 unspecified atom stereocenters. The Labute approximate surface area is 84.3 Å². The molecule has 2 nitrogen and oxygen atoms in total. The molecule has 74 valence electrons. The van der Waals surface area contributed by atoms with Crippen LogP contribution in [-0.4, -0.2) is 11.1 Å². The van der Waals surface area contributed by atoms with Crippen LogP contribution in [0.1, 0.15) is 12.0 Å². The lowest BCUT2D eigenvalue weighted by Crippen LogP contribution is -2.04. The number of nitrogens with two attached hydrogens (primary N) is 1. The van der Waals surface area contributed by atoms with Gasteiger partial charge in [0.1, 0.15) is 0 Å². The largest absolute Gasteiger partial charge is 0.347 e. The molecule has 0 fully saturated rings. The second kappa shape index (κ2) is 3.84. The molecule has 2 rings (SSSR count). The van der Waals surface area contributed by atoms with Gasteiger partial charge in [0.25, 0.3) is 0 Å². The van der Waals surface area contributed by atoms with Gasteiger partial charge in [0.15, 0.2) is 0 Å². The summed E-state index contributed by atoms with van der Waals surface area (Å²) in [5.41, 5.74) is 8.18. The molecule has 0 amide bonds. The first-order valence-corrected chi connectivity index (χ1v) is 5.07. The van der Waals surface area contributed by atoms with Crippen molar-refractivity contribution in [3.05, 3.63) is 36.0 Å². The van der Waals surface area contributed by atoms with Crippen molar-refractivity contribution in [3.63, 3.8) is 0 Å². The molecule has 0 atom stereocenters. The van der Waals surface area contributed by atoms with E-state index >= 15 is 0 Å². The SMILES string of the molecule is Cc1cn(CCCN)c2ccccc12. The molecule has 0 saturated heterocycles. The molecule has 0 radical (unpaired) electrons. The third-order valence-electron chi connectivity index (χ3n) is 2.59. The smallest absolute Gasteiger partial charge is 0.0483 e. The average molecular weight is 188 g/mol. The summed E-state index contributed by atoms with van der Waals surface area (Å²) in [6.45, 7) is 3.93. The maximum atomic E-state index is 5.51. The Morgan fingerprint density at radius 1 is 1.29 bits per heavy atom. The Morgan fingerprint density at radius 3 is 2.86 bits per heavy atom. The van der Waals surface area contributed by atoms with Gasteiger partial charge in [-0.3, -0.25) is 0 Å². The number of hydrogen-bond donors (Lipinski definition) is 1. The number of rotatable bonds is 3. The normalized spacial score (nSPS) is 11.0. The highest BCUT2D eigenvalue weighted by molar-refractivity contribution is 5.83. The lowest BCUT2D eigenvalue weighted by molar-refractivity contribution is 0.670. The molecule has 2 N–H and O–H groups in total. The zero-order valence-corrected chi connectivity index (χ0v) is 8.53. The fraction of sp³-hybridized carbons (Fsp3) is 0.333. The van der Waals surface area contributed by atoms with Crippen LogP contribution in [0.15, 0.2) is 30.5 Å². The first kappa shape index (κ1) is 9.28. The molecular weight excluding hydrogens is 172 g/mol. The molecule has 14 heavy (non-hydrogen) atoms. The van der Waals surface area contributed by atoms with Gasteiger partial charge in [-0.2, -0.15) is 0 Å². The molecule has 2 heteroatoms. The van der Waals surface area contributed by atoms with Crippen molar-refractivity contribution in [2.75, 3.05) is 6.54 Å². The van der Waals surface area contributed by atoms with Crippen LogP contribution >= 0.6 is 0 Å². The first-order chi connectivity index (χ1) is 6.83. The molecular formula is C12H16N2. The second-order valence-corrected chi connectivity index (χ2v) is 3.66. The van der Waals surface area contributed by atoms with Crippen LogP contribution < -0.4 is 5.73 Å². The summed E-state index contributed by atoms with van der Waals surface area (Å²) in [6, 6.07) is 8.51. The van der Waals surface area contributed by atoms with Crippen LogP contribution in [0.25, 0.3) is 10.9 Å². The highest BCUT2D eigenvalue weighted by atomic mass is 15.0.